The summed E-state index contributed by atoms with van der Waals surface area (Å²) in [5.41, 5.74) is 0. The highest BCUT2D eigenvalue weighted by atomic mass is 16.5. The van der Waals surface area contributed by atoms with Crippen molar-refractivity contribution in [3.8, 4) is 0 Å². The minimum atomic E-state index is -0.0800. The lowest BCUT2D eigenvalue weighted by molar-refractivity contribution is -0.119. The Labute approximate surface area is 53.7 Å². The van der Waals surface area contributed by atoms with E-state index < -0.39 is 0 Å². The Bertz CT molecular complexity index is 103. The van der Waals surface area contributed by atoms with Gasteiger partial charge in [0.2, 0.25) is 5.91 Å². The van der Waals surface area contributed by atoms with Crippen molar-refractivity contribution < 1.29 is 9.53 Å². The van der Waals surface area contributed by atoms with E-state index in [2.05, 4.69) is 10.1 Å². The van der Waals surface area contributed by atoms with Crippen LogP contribution < -0.4 is 5.32 Å². The normalized spacial score (nSPS) is 8.11. The molecule has 0 heterocycles. The Kier molecular flexibility index (Phi) is 4.49. The molecule has 0 radical (unpaired) electrons. The third-order valence-electron chi connectivity index (χ3n) is 0.677. The fourth-order valence-electron chi connectivity index (χ4n) is 0.345. The number of ether oxygens (including phenoxy) is 1. The number of hydrogen-bond donors (Lipinski definition) is 2. The molecule has 0 atom stereocenters. The highest BCUT2D eigenvalue weighted by Crippen LogP contribution is 1.65. The van der Waals surface area contributed by atoms with E-state index >= 15 is 0 Å². The van der Waals surface area contributed by atoms with E-state index in [1.54, 1.807) is 0 Å². The zero-order chi connectivity index (χ0) is 7.11. The van der Waals surface area contributed by atoms with Crippen molar-refractivity contribution >= 4 is 12.3 Å². The first kappa shape index (κ1) is 7.94. The summed E-state index contributed by atoms with van der Waals surface area (Å²) in [7, 11) is 0. The van der Waals surface area contributed by atoms with Crippen LogP contribution in [0.2, 0.25) is 0 Å². The number of nitrogens with one attached hydrogen (secondary N) is 2. The van der Waals surface area contributed by atoms with Gasteiger partial charge < -0.3 is 10.1 Å². The zero-order valence-electron chi connectivity index (χ0n) is 5.31. The summed E-state index contributed by atoms with van der Waals surface area (Å²) in [6.45, 7) is 2.26. The maximum Gasteiger partial charge on any atom is 0.216 e. The van der Waals surface area contributed by atoms with E-state index in [0.717, 1.165) is 6.40 Å². The fourth-order valence-corrected chi connectivity index (χ4v) is 0.345. The van der Waals surface area contributed by atoms with Crippen LogP contribution in [0.4, 0.5) is 0 Å². The van der Waals surface area contributed by atoms with E-state index in [9.17, 15) is 4.79 Å². The van der Waals surface area contributed by atoms with Gasteiger partial charge >= 0.3 is 0 Å². The average Bonchev–Trinajstić information content (AvgIpc) is 1.80. The van der Waals surface area contributed by atoms with Crippen molar-refractivity contribution in [3.63, 3.8) is 0 Å². The molecule has 0 aliphatic carbocycles. The van der Waals surface area contributed by atoms with E-state index in [1.165, 1.54) is 6.92 Å². The minimum Gasteiger partial charge on any atom is -0.482 e. The maximum absolute atomic E-state index is 10.2. The van der Waals surface area contributed by atoms with Gasteiger partial charge in [0, 0.05) is 6.92 Å². The molecule has 52 valence electrons. The molecule has 2 N–H and O–H groups in total. The lowest BCUT2D eigenvalue weighted by Crippen LogP contribution is -2.24. The first-order chi connectivity index (χ1) is 4.27. The molecule has 0 saturated heterocycles. The van der Waals surface area contributed by atoms with E-state index in [-0.39, 0.29) is 5.91 Å². The number of carbonyl (C=O) groups excluding carboxylic acids is 1. The van der Waals surface area contributed by atoms with E-state index in [4.69, 9.17) is 5.41 Å². The highest BCUT2D eigenvalue weighted by molar-refractivity contribution is 5.72. The van der Waals surface area contributed by atoms with Crippen LogP contribution >= 0.6 is 0 Å². The Morgan fingerprint density at radius 1 is 1.89 bits per heavy atom. The number of carbonyl (C=O) groups is 1. The van der Waals surface area contributed by atoms with Gasteiger partial charge in [-0.25, -0.2) is 0 Å². The second-order valence-electron chi connectivity index (χ2n) is 1.47. The number of amides is 1. The van der Waals surface area contributed by atoms with Crippen molar-refractivity contribution in [1.29, 1.82) is 5.41 Å². The van der Waals surface area contributed by atoms with Gasteiger partial charge in [-0.05, 0) is 0 Å². The smallest absolute Gasteiger partial charge is 0.216 e. The van der Waals surface area contributed by atoms with Crippen molar-refractivity contribution in [2.45, 2.75) is 6.92 Å². The second kappa shape index (κ2) is 5.08. The van der Waals surface area contributed by atoms with E-state index in [1.807, 2.05) is 0 Å². The predicted octanol–water partition coefficient (Wildman–Crippen LogP) is -0.254. The van der Waals surface area contributed by atoms with Crippen molar-refractivity contribution in [2.75, 3.05) is 13.2 Å². The van der Waals surface area contributed by atoms with Gasteiger partial charge in [-0.3, -0.25) is 10.2 Å². The molecule has 0 aromatic rings. The molecule has 0 rings (SSSR count). The predicted molar refractivity (Wildman–Crippen MR) is 33.4 cm³/mol. The molecule has 9 heavy (non-hydrogen) atoms. The van der Waals surface area contributed by atoms with Crippen molar-refractivity contribution in [1.82, 2.24) is 5.32 Å². The third kappa shape index (κ3) is 6.94. The van der Waals surface area contributed by atoms with Crippen LogP contribution in [0.3, 0.4) is 0 Å². The zero-order valence-corrected chi connectivity index (χ0v) is 5.31. The molecular formula is C5H10N2O2. The Morgan fingerprint density at radius 2 is 2.56 bits per heavy atom. The summed E-state index contributed by atoms with van der Waals surface area (Å²) < 4.78 is 4.51. The molecule has 0 unspecified atom stereocenters. The fraction of sp³-hybridized carbons (Fsp3) is 0.600. The lowest BCUT2D eigenvalue weighted by atomic mass is 10.6. The van der Waals surface area contributed by atoms with Gasteiger partial charge in [0.05, 0.1) is 6.54 Å². The lowest BCUT2D eigenvalue weighted by Gasteiger charge is -1.98. The molecule has 4 nitrogen and oxygen atoms in total. The quantitative estimate of drug-likeness (QED) is 0.313. The van der Waals surface area contributed by atoms with Crippen LogP contribution in [0.5, 0.6) is 0 Å². The topological polar surface area (TPSA) is 62.2 Å². The summed E-state index contributed by atoms with van der Waals surface area (Å²) in [4.78, 5) is 10.2. The van der Waals surface area contributed by atoms with Crippen LogP contribution in [0.25, 0.3) is 0 Å². The maximum atomic E-state index is 10.2. The molecule has 0 aliphatic rings. The van der Waals surface area contributed by atoms with Gasteiger partial charge in [-0.2, -0.15) is 0 Å². The first-order valence-electron chi connectivity index (χ1n) is 2.62. The third-order valence-corrected chi connectivity index (χ3v) is 0.677. The molecule has 0 aromatic heterocycles. The summed E-state index contributed by atoms with van der Waals surface area (Å²) in [5, 5.41) is 8.94. The number of hydrogen-bond acceptors (Lipinski definition) is 3. The molecule has 4 heteroatoms. The molecule has 0 spiro atoms. The van der Waals surface area contributed by atoms with Crippen LogP contribution in [-0.4, -0.2) is 25.5 Å². The van der Waals surface area contributed by atoms with Gasteiger partial charge in [0.1, 0.15) is 6.61 Å². The van der Waals surface area contributed by atoms with Crippen LogP contribution in [0.15, 0.2) is 0 Å². The van der Waals surface area contributed by atoms with Gasteiger partial charge in [0.15, 0.2) is 6.40 Å². The minimum absolute atomic E-state index is 0.0800. The molecule has 1 amide bonds. The molecule has 0 fully saturated rings. The number of rotatable bonds is 4. The Balaban J connectivity index is 2.91. The average molecular weight is 130 g/mol. The summed E-state index contributed by atoms with van der Waals surface area (Å²) >= 11 is 0. The van der Waals surface area contributed by atoms with E-state index in [0.29, 0.717) is 13.2 Å². The monoisotopic (exact) mass is 130 g/mol. The van der Waals surface area contributed by atoms with Gasteiger partial charge in [-0.1, -0.05) is 0 Å². The standard InChI is InChI=1S/C5H10N2O2/c1-5(8)7-2-3-9-4-6/h4,6H,2-3H2,1H3,(H,7,8). The molecule has 0 bridgehead atoms. The van der Waals surface area contributed by atoms with Crippen LogP contribution in [-0.2, 0) is 9.53 Å². The Hall–Kier alpha value is -1.06. The summed E-state index contributed by atoms with van der Waals surface area (Å²) in [6.07, 6.45) is 0.849. The van der Waals surface area contributed by atoms with Crippen LogP contribution in [0.1, 0.15) is 6.92 Å². The van der Waals surface area contributed by atoms with Gasteiger partial charge in [0.25, 0.3) is 0 Å². The van der Waals surface area contributed by atoms with Gasteiger partial charge in [-0.15, -0.1) is 0 Å². The van der Waals surface area contributed by atoms with Crippen molar-refractivity contribution in [2.24, 2.45) is 0 Å². The SMILES string of the molecule is CC(=O)NCCOC=N. The summed E-state index contributed by atoms with van der Waals surface area (Å²) in [5.74, 6) is -0.0800. The molecule has 0 aromatic carbocycles. The van der Waals surface area contributed by atoms with Crippen molar-refractivity contribution in [3.05, 3.63) is 0 Å². The summed E-state index contributed by atoms with van der Waals surface area (Å²) in [6, 6.07) is 0. The first-order valence-corrected chi connectivity index (χ1v) is 2.62. The Morgan fingerprint density at radius 3 is 3.00 bits per heavy atom. The second-order valence-corrected chi connectivity index (χ2v) is 1.47. The highest BCUT2D eigenvalue weighted by Gasteiger charge is 1.87. The molecule has 0 saturated carbocycles. The van der Waals surface area contributed by atoms with Crippen LogP contribution in [0, 0.1) is 5.41 Å². The molecular weight excluding hydrogens is 120 g/mol. The largest absolute Gasteiger partial charge is 0.482 e. The molecule has 0 aliphatic heterocycles.